The lowest BCUT2D eigenvalue weighted by atomic mass is 10.2. The Bertz CT molecular complexity index is 338. The second kappa shape index (κ2) is 3.89. The van der Waals surface area contributed by atoms with Crippen LogP contribution >= 0.6 is 11.6 Å². The molecule has 0 spiro atoms. The van der Waals surface area contributed by atoms with Crippen LogP contribution in [0, 0.1) is 11.8 Å². The number of nitrogen functional groups attached to an aromatic ring is 1. The molecular weight excluding hydrogens is 174 g/mol. The molecule has 2 nitrogen and oxygen atoms in total. The minimum Gasteiger partial charge on any atom is -0.507 e. The first-order valence-corrected chi connectivity index (χ1v) is 3.91. The summed E-state index contributed by atoms with van der Waals surface area (Å²) < 4.78 is 0. The maximum atomic E-state index is 9.26. The second-order valence-corrected chi connectivity index (χ2v) is 2.48. The first-order valence-electron chi connectivity index (χ1n) is 3.37. The number of rotatable bonds is 0. The number of phenolic OH excluding ortho intramolecular Hbond substituents is 1. The summed E-state index contributed by atoms with van der Waals surface area (Å²) in [4.78, 5) is 0. The number of alkyl halides is 1. The zero-order valence-corrected chi connectivity index (χ0v) is 7.10. The Labute approximate surface area is 76.0 Å². The SMILES string of the molecule is Nc1ccc(O)c(C#CCCl)c1. The first kappa shape index (κ1) is 8.76. The molecule has 0 saturated heterocycles. The Balaban J connectivity index is 3.05. The lowest BCUT2D eigenvalue weighted by Crippen LogP contribution is -1.85. The molecule has 0 fully saturated rings. The van der Waals surface area contributed by atoms with E-state index in [0.29, 0.717) is 11.3 Å². The lowest BCUT2D eigenvalue weighted by molar-refractivity contribution is 0.474. The number of benzene rings is 1. The standard InChI is InChI=1S/C9H8ClNO/c10-5-1-2-7-6-8(11)3-4-9(7)12/h3-4,6,12H,5,11H2. The Hall–Kier alpha value is -1.33. The molecule has 0 atom stereocenters. The van der Waals surface area contributed by atoms with Crippen molar-refractivity contribution in [3.8, 4) is 17.6 Å². The van der Waals surface area contributed by atoms with Crippen LogP contribution in [0.1, 0.15) is 5.56 Å². The molecule has 0 radical (unpaired) electrons. The van der Waals surface area contributed by atoms with Gasteiger partial charge >= 0.3 is 0 Å². The van der Waals surface area contributed by atoms with Crippen molar-refractivity contribution >= 4 is 17.3 Å². The van der Waals surface area contributed by atoms with Gasteiger partial charge in [-0.15, -0.1) is 11.6 Å². The van der Waals surface area contributed by atoms with E-state index in [1.165, 1.54) is 6.07 Å². The van der Waals surface area contributed by atoms with Gasteiger partial charge < -0.3 is 10.8 Å². The van der Waals surface area contributed by atoms with E-state index < -0.39 is 0 Å². The Morgan fingerprint density at radius 3 is 2.92 bits per heavy atom. The number of phenols is 1. The number of hydrogen-bond acceptors (Lipinski definition) is 2. The summed E-state index contributed by atoms with van der Waals surface area (Å²) in [5.74, 6) is 5.69. The van der Waals surface area contributed by atoms with Crippen molar-refractivity contribution in [2.75, 3.05) is 11.6 Å². The summed E-state index contributed by atoms with van der Waals surface area (Å²) in [6.07, 6.45) is 0. The van der Waals surface area contributed by atoms with E-state index in [-0.39, 0.29) is 11.6 Å². The largest absolute Gasteiger partial charge is 0.507 e. The van der Waals surface area contributed by atoms with Gasteiger partial charge in [-0.3, -0.25) is 0 Å². The molecule has 3 N–H and O–H groups in total. The zero-order valence-electron chi connectivity index (χ0n) is 6.34. The molecule has 62 valence electrons. The van der Waals surface area contributed by atoms with E-state index in [9.17, 15) is 5.11 Å². The molecule has 0 amide bonds. The summed E-state index contributed by atoms with van der Waals surface area (Å²) in [5.41, 5.74) is 6.57. The highest BCUT2D eigenvalue weighted by Gasteiger charge is 1.96. The van der Waals surface area contributed by atoms with Gasteiger partial charge in [0.2, 0.25) is 0 Å². The van der Waals surface area contributed by atoms with Gasteiger partial charge in [-0.05, 0) is 18.2 Å². The van der Waals surface area contributed by atoms with Crippen LogP contribution in [0.4, 0.5) is 5.69 Å². The van der Waals surface area contributed by atoms with Crippen LogP contribution in [-0.2, 0) is 0 Å². The van der Waals surface area contributed by atoms with Crippen molar-refractivity contribution in [3.63, 3.8) is 0 Å². The lowest BCUT2D eigenvalue weighted by Gasteiger charge is -1.97. The van der Waals surface area contributed by atoms with Crippen LogP contribution in [0.2, 0.25) is 0 Å². The van der Waals surface area contributed by atoms with E-state index in [0.717, 1.165) is 0 Å². The van der Waals surface area contributed by atoms with E-state index in [2.05, 4.69) is 11.8 Å². The van der Waals surface area contributed by atoms with Crippen molar-refractivity contribution in [1.82, 2.24) is 0 Å². The van der Waals surface area contributed by atoms with Crippen LogP contribution in [0.15, 0.2) is 18.2 Å². The number of hydrogen-bond donors (Lipinski definition) is 2. The molecule has 0 aliphatic carbocycles. The molecule has 3 heteroatoms. The summed E-state index contributed by atoms with van der Waals surface area (Å²) in [6, 6.07) is 4.73. The molecule has 0 aromatic heterocycles. The molecule has 0 aliphatic heterocycles. The van der Waals surface area contributed by atoms with E-state index >= 15 is 0 Å². The predicted molar refractivity (Wildman–Crippen MR) is 50.1 cm³/mol. The molecule has 1 aromatic rings. The summed E-state index contributed by atoms with van der Waals surface area (Å²) in [6.45, 7) is 0. The molecule has 1 rings (SSSR count). The fraction of sp³-hybridized carbons (Fsp3) is 0.111. The van der Waals surface area contributed by atoms with Gasteiger partial charge in [0.1, 0.15) is 5.75 Å². The van der Waals surface area contributed by atoms with Crippen LogP contribution in [0.5, 0.6) is 5.75 Å². The maximum absolute atomic E-state index is 9.26. The Morgan fingerprint density at radius 2 is 2.25 bits per heavy atom. The van der Waals surface area contributed by atoms with Gasteiger partial charge in [-0.1, -0.05) is 11.8 Å². The second-order valence-electron chi connectivity index (χ2n) is 2.21. The highest BCUT2D eigenvalue weighted by molar-refractivity contribution is 6.19. The maximum Gasteiger partial charge on any atom is 0.131 e. The topological polar surface area (TPSA) is 46.2 Å². The summed E-state index contributed by atoms with van der Waals surface area (Å²) in [7, 11) is 0. The van der Waals surface area contributed by atoms with Gasteiger partial charge in [-0.2, -0.15) is 0 Å². The molecule has 0 unspecified atom stereocenters. The zero-order chi connectivity index (χ0) is 8.97. The smallest absolute Gasteiger partial charge is 0.131 e. The molecule has 1 aromatic carbocycles. The third-order valence-corrected chi connectivity index (χ3v) is 1.44. The fourth-order valence-electron chi connectivity index (χ4n) is 0.782. The number of anilines is 1. The Kier molecular flexibility index (Phi) is 2.84. The van der Waals surface area contributed by atoms with E-state index in [1.807, 2.05) is 0 Å². The fourth-order valence-corrected chi connectivity index (χ4v) is 0.849. The van der Waals surface area contributed by atoms with Gasteiger partial charge in [0.15, 0.2) is 0 Å². The average molecular weight is 182 g/mol. The Morgan fingerprint density at radius 1 is 1.50 bits per heavy atom. The molecule has 0 aliphatic rings. The van der Waals surface area contributed by atoms with Crippen molar-refractivity contribution in [2.45, 2.75) is 0 Å². The average Bonchev–Trinajstić information content (AvgIpc) is 2.07. The van der Waals surface area contributed by atoms with Crippen molar-refractivity contribution in [2.24, 2.45) is 0 Å². The molecular formula is C9H8ClNO. The molecule has 12 heavy (non-hydrogen) atoms. The third kappa shape index (κ3) is 2.08. The third-order valence-electron chi connectivity index (χ3n) is 1.31. The number of nitrogens with two attached hydrogens (primary N) is 1. The molecule has 0 heterocycles. The minimum atomic E-state index is 0.127. The van der Waals surface area contributed by atoms with Gasteiger partial charge in [0.25, 0.3) is 0 Å². The van der Waals surface area contributed by atoms with Crippen molar-refractivity contribution in [3.05, 3.63) is 23.8 Å². The number of halogens is 1. The van der Waals surface area contributed by atoms with Crippen LogP contribution in [0.3, 0.4) is 0 Å². The monoisotopic (exact) mass is 181 g/mol. The van der Waals surface area contributed by atoms with E-state index in [1.54, 1.807) is 12.1 Å². The van der Waals surface area contributed by atoms with Crippen LogP contribution < -0.4 is 5.73 Å². The quantitative estimate of drug-likeness (QED) is 0.276. The van der Waals surface area contributed by atoms with Gasteiger partial charge in [0, 0.05) is 5.69 Å². The normalized spacial score (nSPS) is 8.75. The minimum absolute atomic E-state index is 0.127. The van der Waals surface area contributed by atoms with Crippen molar-refractivity contribution < 1.29 is 5.11 Å². The van der Waals surface area contributed by atoms with Gasteiger partial charge in [0.05, 0.1) is 11.4 Å². The first-order chi connectivity index (χ1) is 5.74. The van der Waals surface area contributed by atoms with Gasteiger partial charge in [-0.25, -0.2) is 0 Å². The van der Waals surface area contributed by atoms with E-state index in [4.69, 9.17) is 17.3 Å². The van der Waals surface area contributed by atoms with Crippen LogP contribution in [-0.4, -0.2) is 11.0 Å². The highest BCUT2D eigenvalue weighted by atomic mass is 35.5. The van der Waals surface area contributed by atoms with Crippen LogP contribution in [0.25, 0.3) is 0 Å². The number of aromatic hydroxyl groups is 1. The molecule has 0 saturated carbocycles. The summed E-state index contributed by atoms with van der Waals surface area (Å²) in [5, 5.41) is 9.26. The summed E-state index contributed by atoms with van der Waals surface area (Å²) >= 11 is 5.36. The predicted octanol–water partition coefficient (Wildman–Crippen LogP) is 1.56. The highest BCUT2D eigenvalue weighted by Crippen LogP contribution is 2.18. The van der Waals surface area contributed by atoms with Crippen molar-refractivity contribution in [1.29, 1.82) is 0 Å². The molecule has 0 bridgehead atoms.